The lowest BCUT2D eigenvalue weighted by Gasteiger charge is -2.07. The lowest BCUT2D eigenvalue weighted by molar-refractivity contribution is 0.0941. The molecule has 15 heavy (non-hydrogen) atoms. The largest absolute Gasteiger partial charge is 0.469 e. The number of aliphatic hydroxyl groups excluding tert-OH is 1. The first-order chi connectivity index (χ1) is 7.13. The van der Waals surface area contributed by atoms with Crippen molar-refractivity contribution in [2.45, 2.75) is 32.8 Å². The molecule has 2 N–H and O–H groups in total. The van der Waals surface area contributed by atoms with Gasteiger partial charge in [0.1, 0.15) is 12.0 Å². The molecule has 1 rings (SSSR count). The quantitative estimate of drug-likeness (QED) is 0.775. The van der Waals surface area contributed by atoms with Crippen molar-refractivity contribution in [3.8, 4) is 0 Å². The van der Waals surface area contributed by atoms with Crippen LogP contribution < -0.4 is 5.32 Å². The first-order valence-corrected chi connectivity index (χ1v) is 5.15. The van der Waals surface area contributed by atoms with Gasteiger partial charge in [-0.1, -0.05) is 6.92 Å². The van der Waals surface area contributed by atoms with Crippen LogP contribution in [0.3, 0.4) is 0 Å². The van der Waals surface area contributed by atoms with Crippen molar-refractivity contribution in [1.82, 2.24) is 5.32 Å². The standard InChI is InChI=1S/C11H17NO3/c1-3-10(13)4-5-12-11(14)9-6-8(2)15-7-9/h6-7,10,13H,3-5H2,1-2H3,(H,12,14). The highest BCUT2D eigenvalue weighted by molar-refractivity contribution is 5.93. The van der Waals surface area contributed by atoms with Crippen LogP contribution in [0.2, 0.25) is 0 Å². The molecule has 0 fully saturated rings. The monoisotopic (exact) mass is 211 g/mol. The Hall–Kier alpha value is -1.29. The highest BCUT2D eigenvalue weighted by Gasteiger charge is 2.08. The second kappa shape index (κ2) is 5.56. The molecule has 4 nitrogen and oxygen atoms in total. The van der Waals surface area contributed by atoms with E-state index in [-0.39, 0.29) is 12.0 Å². The minimum Gasteiger partial charge on any atom is -0.469 e. The first-order valence-electron chi connectivity index (χ1n) is 5.15. The van der Waals surface area contributed by atoms with E-state index in [9.17, 15) is 9.90 Å². The normalized spacial score (nSPS) is 12.5. The molecule has 1 unspecified atom stereocenters. The summed E-state index contributed by atoms with van der Waals surface area (Å²) in [6.45, 7) is 4.18. The van der Waals surface area contributed by atoms with Gasteiger partial charge in [0.05, 0.1) is 11.7 Å². The van der Waals surface area contributed by atoms with Crippen molar-refractivity contribution in [1.29, 1.82) is 0 Å². The molecule has 0 saturated carbocycles. The van der Waals surface area contributed by atoms with E-state index >= 15 is 0 Å². The van der Waals surface area contributed by atoms with E-state index in [1.54, 1.807) is 13.0 Å². The fourth-order valence-electron chi connectivity index (χ4n) is 1.22. The Bertz CT molecular complexity index is 319. The van der Waals surface area contributed by atoms with Crippen molar-refractivity contribution in [2.24, 2.45) is 0 Å². The summed E-state index contributed by atoms with van der Waals surface area (Å²) in [5.41, 5.74) is 0.526. The molecular weight excluding hydrogens is 194 g/mol. The topological polar surface area (TPSA) is 62.5 Å². The number of hydrogen-bond donors (Lipinski definition) is 2. The summed E-state index contributed by atoms with van der Waals surface area (Å²) in [5, 5.41) is 12.0. The summed E-state index contributed by atoms with van der Waals surface area (Å²) in [5.74, 6) is 0.559. The summed E-state index contributed by atoms with van der Waals surface area (Å²) in [6, 6.07) is 1.69. The molecule has 0 aromatic carbocycles. The summed E-state index contributed by atoms with van der Waals surface area (Å²) in [4.78, 5) is 11.5. The third kappa shape index (κ3) is 3.75. The zero-order valence-electron chi connectivity index (χ0n) is 9.12. The Kier molecular flexibility index (Phi) is 4.37. The van der Waals surface area contributed by atoms with E-state index in [2.05, 4.69) is 5.32 Å². The summed E-state index contributed by atoms with van der Waals surface area (Å²) in [7, 11) is 0. The molecule has 0 spiro atoms. The average Bonchev–Trinajstić information content (AvgIpc) is 2.64. The maximum atomic E-state index is 11.5. The third-order valence-corrected chi connectivity index (χ3v) is 2.23. The van der Waals surface area contributed by atoms with E-state index in [0.717, 1.165) is 0 Å². The van der Waals surface area contributed by atoms with Gasteiger partial charge in [0, 0.05) is 6.54 Å². The number of aliphatic hydroxyl groups is 1. The minimum atomic E-state index is -0.337. The van der Waals surface area contributed by atoms with E-state index in [1.165, 1.54) is 6.26 Å². The van der Waals surface area contributed by atoms with Crippen LogP contribution in [0, 0.1) is 6.92 Å². The smallest absolute Gasteiger partial charge is 0.254 e. The molecule has 0 bridgehead atoms. The number of carbonyl (C=O) groups is 1. The van der Waals surface area contributed by atoms with E-state index in [1.807, 2.05) is 6.92 Å². The number of carbonyl (C=O) groups excluding carboxylic acids is 1. The van der Waals surface area contributed by atoms with Crippen LogP contribution in [-0.2, 0) is 0 Å². The van der Waals surface area contributed by atoms with Gasteiger partial charge in [-0.2, -0.15) is 0 Å². The molecule has 1 aromatic heterocycles. The van der Waals surface area contributed by atoms with Gasteiger partial charge in [-0.15, -0.1) is 0 Å². The number of nitrogens with one attached hydrogen (secondary N) is 1. The number of aryl methyl sites for hydroxylation is 1. The van der Waals surface area contributed by atoms with E-state index in [0.29, 0.717) is 30.7 Å². The zero-order valence-corrected chi connectivity index (χ0v) is 9.12. The summed E-state index contributed by atoms with van der Waals surface area (Å²) in [6.07, 6.45) is 2.39. The molecular formula is C11H17NO3. The van der Waals surface area contributed by atoms with Crippen molar-refractivity contribution < 1.29 is 14.3 Å². The molecule has 1 heterocycles. The molecule has 0 aliphatic rings. The lowest BCUT2D eigenvalue weighted by Crippen LogP contribution is -2.26. The molecule has 0 saturated heterocycles. The van der Waals surface area contributed by atoms with Gasteiger partial charge in [-0.3, -0.25) is 4.79 Å². The SMILES string of the molecule is CCC(O)CCNC(=O)c1coc(C)c1. The lowest BCUT2D eigenvalue weighted by atomic mass is 10.2. The highest BCUT2D eigenvalue weighted by atomic mass is 16.3. The van der Waals surface area contributed by atoms with Gasteiger partial charge in [-0.05, 0) is 25.8 Å². The second-order valence-electron chi connectivity index (χ2n) is 3.55. The minimum absolute atomic E-state index is 0.157. The van der Waals surface area contributed by atoms with Gasteiger partial charge in [-0.25, -0.2) is 0 Å². The van der Waals surface area contributed by atoms with Crippen molar-refractivity contribution in [3.63, 3.8) is 0 Å². The highest BCUT2D eigenvalue weighted by Crippen LogP contribution is 2.05. The van der Waals surface area contributed by atoms with Gasteiger partial charge in [0.15, 0.2) is 0 Å². The van der Waals surface area contributed by atoms with Crippen LogP contribution in [0.4, 0.5) is 0 Å². The van der Waals surface area contributed by atoms with Gasteiger partial charge >= 0.3 is 0 Å². The van der Waals surface area contributed by atoms with Crippen molar-refractivity contribution in [2.75, 3.05) is 6.54 Å². The molecule has 0 radical (unpaired) electrons. The molecule has 1 atom stereocenters. The van der Waals surface area contributed by atoms with Gasteiger partial charge in [0.2, 0.25) is 0 Å². The fraction of sp³-hybridized carbons (Fsp3) is 0.545. The fourth-order valence-corrected chi connectivity index (χ4v) is 1.22. The van der Waals surface area contributed by atoms with E-state index in [4.69, 9.17) is 4.42 Å². The predicted octanol–water partition coefficient (Wildman–Crippen LogP) is 1.48. The Morgan fingerprint density at radius 2 is 2.40 bits per heavy atom. The van der Waals surface area contributed by atoms with Gasteiger partial charge < -0.3 is 14.8 Å². The first kappa shape index (κ1) is 11.8. The molecule has 0 aliphatic heterocycles. The summed E-state index contributed by atoms with van der Waals surface area (Å²) >= 11 is 0. The van der Waals surface area contributed by atoms with Crippen molar-refractivity contribution in [3.05, 3.63) is 23.7 Å². The summed E-state index contributed by atoms with van der Waals surface area (Å²) < 4.78 is 5.02. The molecule has 4 heteroatoms. The molecule has 1 amide bonds. The number of hydrogen-bond acceptors (Lipinski definition) is 3. The van der Waals surface area contributed by atoms with E-state index < -0.39 is 0 Å². The van der Waals surface area contributed by atoms with Crippen molar-refractivity contribution >= 4 is 5.91 Å². The Morgan fingerprint density at radius 3 is 2.93 bits per heavy atom. The number of rotatable bonds is 5. The Balaban J connectivity index is 2.31. The average molecular weight is 211 g/mol. The van der Waals surface area contributed by atoms with Crippen LogP contribution in [0.15, 0.2) is 16.7 Å². The Labute approximate surface area is 89.3 Å². The third-order valence-electron chi connectivity index (χ3n) is 2.23. The number of furan rings is 1. The van der Waals surface area contributed by atoms with Crippen LogP contribution in [-0.4, -0.2) is 23.7 Å². The maximum Gasteiger partial charge on any atom is 0.254 e. The Morgan fingerprint density at radius 1 is 1.67 bits per heavy atom. The van der Waals surface area contributed by atoms with Gasteiger partial charge in [0.25, 0.3) is 5.91 Å². The molecule has 0 aliphatic carbocycles. The molecule has 84 valence electrons. The second-order valence-corrected chi connectivity index (χ2v) is 3.55. The molecule has 1 aromatic rings. The van der Waals surface area contributed by atoms with Crippen LogP contribution in [0.5, 0.6) is 0 Å². The van der Waals surface area contributed by atoms with Crippen LogP contribution in [0.25, 0.3) is 0 Å². The number of amides is 1. The van der Waals surface area contributed by atoms with Crippen LogP contribution >= 0.6 is 0 Å². The predicted molar refractivity (Wildman–Crippen MR) is 56.7 cm³/mol. The zero-order chi connectivity index (χ0) is 11.3. The van der Waals surface area contributed by atoms with Crippen LogP contribution in [0.1, 0.15) is 35.9 Å². The maximum absolute atomic E-state index is 11.5.